The molecule has 0 bridgehead atoms. The average Bonchev–Trinajstić information content (AvgIpc) is 3.47. The van der Waals surface area contributed by atoms with E-state index in [-0.39, 0.29) is 47.2 Å². The molecular weight excluding hydrogens is 468 g/mol. The molecule has 36 heavy (non-hydrogen) atoms. The first kappa shape index (κ1) is 22.6. The molecule has 0 aliphatic carbocycles. The maximum Gasteiger partial charge on any atom is 0.239 e. The van der Waals surface area contributed by atoms with Crippen LogP contribution in [0.3, 0.4) is 0 Å². The molecule has 0 spiro atoms. The van der Waals surface area contributed by atoms with Crippen LogP contribution in [0.15, 0.2) is 55.0 Å². The summed E-state index contributed by atoms with van der Waals surface area (Å²) in [5.74, 6) is -1.48. The van der Waals surface area contributed by atoms with Crippen molar-refractivity contribution in [1.29, 1.82) is 0 Å². The van der Waals surface area contributed by atoms with E-state index in [4.69, 9.17) is 18.0 Å². The number of rotatable bonds is 6. The van der Waals surface area contributed by atoms with Gasteiger partial charge in [0.05, 0.1) is 24.7 Å². The number of hydrogen-bond acceptors (Lipinski definition) is 6. The maximum absolute atomic E-state index is 14.9. The van der Waals surface area contributed by atoms with Gasteiger partial charge in [-0.15, -0.1) is 0 Å². The Bertz CT molecular complexity index is 1680. The third-order valence-corrected chi connectivity index (χ3v) is 5.48. The number of nitrogens with two attached hydrogens (primary N) is 2. The summed E-state index contributed by atoms with van der Waals surface area (Å²) in [5, 5.41) is 8.50. The summed E-state index contributed by atoms with van der Waals surface area (Å²) in [5.41, 5.74) is 13.1. The molecule has 10 nitrogen and oxygen atoms in total. The Morgan fingerprint density at radius 3 is 2.64 bits per heavy atom. The van der Waals surface area contributed by atoms with Crippen LogP contribution in [-0.4, -0.2) is 35.3 Å². The summed E-state index contributed by atoms with van der Waals surface area (Å²) in [4.78, 5) is 23.0. The van der Waals surface area contributed by atoms with Gasteiger partial charge in [-0.1, -0.05) is 30.3 Å². The van der Waals surface area contributed by atoms with Gasteiger partial charge >= 0.3 is 0 Å². The smallest absolute Gasteiger partial charge is 0.239 e. The summed E-state index contributed by atoms with van der Waals surface area (Å²) in [6.45, 7) is 7.01. The zero-order valence-electron chi connectivity index (χ0n) is 18.6. The number of aromatic nitrogens is 6. The zero-order valence-corrected chi connectivity index (χ0v) is 18.6. The van der Waals surface area contributed by atoms with Crippen LogP contribution in [-0.2, 0) is 17.8 Å². The lowest BCUT2D eigenvalue weighted by Gasteiger charge is -2.07. The molecule has 3 aromatic heterocycles. The van der Waals surface area contributed by atoms with Crippen molar-refractivity contribution < 1.29 is 13.6 Å². The van der Waals surface area contributed by atoms with Gasteiger partial charge in [0.25, 0.3) is 0 Å². The van der Waals surface area contributed by atoms with E-state index in [9.17, 15) is 13.6 Å². The van der Waals surface area contributed by atoms with Crippen molar-refractivity contribution in [2.75, 3.05) is 5.73 Å². The summed E-state index contributed by atoms with van der Waals surface area (Å²) >= 11 is 0. The highest BCUT2D eigenvalue weighted by molar-refractivity contribution is 5.74. The lowest BCUT2D eigenvalue weighted by atomic mass is 9.99. The molecule has 0 fully saturated rings. The van der Waals surface area contributed by atoms with E-state index in [0.717, 1.165) is 0 Å². The van der Waals surface area contributed by atoms with Crippen molar-refractivity contribution in [3.05, 3.63) is 89.4 Å². The summed E-state index contributed by atoms with van der Waals surface area (Å²) < 4.78 is 32.3. The fourth-order valence-corrected chi connectivity index (χ4v) is 3.88. The second kappa shape index (κ2) is 8.88. The SMILES string of the molecule is [C-]#[N+]c1cccc(-c2cn3nc(Cc4c(F)cccc4-c4cnn(CC(N)=O)c4)nc3c(N)n2)c1F. The van der Waals surface area contributed by atoms with Gasteiger partial charge in [-0.3, -0.25) is 9.48 Å². The normalized spacial score (nSPS) is 11.0. The number of nitrogen functional groups attached to an aromatic ring is 1. The van der Waals surface area contributed by atoms with E-state index < -0.39 is 17.5 Å². The minimum atomic E-state index is -0.716. The van der Waals surface area contributed by atoms with Crippen LogP contribution in [0.2, 0.25) is 0 Å². The number of halogens is 2. The minimum Gasteiger partial charge on any atom is -0.381 e. The molecule has 5 aromatic rings. The molecule has 0 radical (unpaired) electrons. The van der Waals surface area contributed by atoms with Crippen molar-refractivity contribution in [3.63, 3.8) is 0 Å². The van der Waals surface area contributed by atoms with Crippen molar-refractivity contribution >= 4 is 23.1 Å². The Balaban J connectivity index is 1.53. The third-order valence-electron chi connectivity index (χ3n) is 5.48. The number of fused-ring (bicyclic) bond motifs is 1. The van der Waals surface area contributed by atoms with E-state index in [1.165, 1.54) is 39.8 Å². The highest BCUT2D eigenvalue weighted by Crippen LogP contribution is 2.30. The number of primary amides is 1. The molecule has 0 aliphatic rings. The van der Waals surface area contributed by atoms with Crippen LogP contribution >= 0.6 is 0 Å². The van der Waals surface area contributed by atoms with Crippen LogP contribution in [0.4, 0.5) is 20.3 Å². The van der Waals surface area contributed by atoms with Gasteiger partial charge in [-0.05, 0) is 11.6 Å². The molecule has 0 atom stereocenters. The Labute approximate surface area is 202 Å². The first-order valence-electron chi connectivity index (χ1n) is 10.6. The standard InChI is InChI=1S/C24H17F2N9O/c1-29-18-7-3-5-15(22(18)26)19-11-35-24(23(28)31-19)32-21(33-35)8-16-14(4-2-6-17(16)25)13-9-30-34(10-13)12-20(27)36/h2-7,9-11H,8,12H2,(H2,27,36)(H2,28,31). The van der Waals surface area contributed by atoms with Crippen LogP contribution in [0, 0.1) is 18.2 Å². The van der Waals surface area contributed by atoms with Gasteiger partial charge in [-0.2, -0.15) is 10.2 Å². The van der Waals surface area contributed by atoms with Crippen molar-refractivity contribution in [1.82, 2.24) is 29.4 Å². The molecule has 1 amide bonds. The molecule has 0 saturated heterocycles. The lowest BCUT2D eigenvalue weighted by Crippen LogP contribution is -2.18. The highest BCUT2D eigenvalue weighted by Gasteiger charge is 2.18. The topological polar surface area (TPSA) is 134 Å². The largest absolute Gasteiger partial charge is 0.381 e. The molecule has 4 N–H and O–H groups in total. The number of anilines is 1. The van der Waals surface area contributed by atoms with Crippen molar-refractivity contribution in [3.8, 4) is 22.4 Å². The Morgan fingerprint density at radius 2 is 1.86 bits per heavy atom. The average molecular weight is 485 g/mol. The molecule has 178 valence electrons. The molecule has 2 aromatic carbocycles. The minimum absolute atomic E-state index is 0.000325. The molecule has 0 saturated carbocycles. The van der Waals surface area contributed by atoms with Crippen molar-refractivity contribution in [2.24, 2.45) is 5.73 Å². The molecule has 3 heterocycles. The van der Waals surface area contributed by atoms with E-state index >= 15 is 0 Å². The zero-order chi connectivity index (χ0) is 25.4. The van der Waals surface area contributed by atoms with Crippen LogP contribution in [0.25, 0.3) is 32.9 Å². The van der Waals surface area contributed by atoms with Crippen LogP contribution < -0.4 is 11.5 Å². The third kappa shape index (κ3) is 4.09. The van der Waals surface area contributed by atoms with Gasteiger partial charge in [0, 0.05) is 29.3 Å². The lowest BCUT2D eigenvalue weighted by molar-refractivity contribution is -0.118. The number of benzene rings is 2. The number of carbonyl (C=O) groups is 1. The number of carbonyl (C=O) groups excluding carboxylic acids is 1. The predicted octanol–water partition coefficient (Wildman–Crippen LogP) is 3.14. The van der Waals surface area contributed by atoms with E-state index in [2.05, 4.69) is 25.0 Å². The van der Waals surface area contributed by atoms with Gasteiger partial charge in [0.2, 0.25) is 11.6 Å². The second-order valence-electron chi connectivity index (χ2n) is 7.89. The molecule has 5 rings (SSSR count). The van der Waals surface area contributed by atoms with Crippen LogP contribution in [0.5, 0.6) is 0 Å². The molecule has 0 aliphatic heterocycles. The van der Waals surface area contributed by atoms with Gasteiger partial charge in [-0.25, -0.2) is 28.1 Å². The van der Waals surface area contributed by atoms with E-state index in [0.29, 0.717) is 16.7 Å². The maximum atomic E-state index is 14.9. The molecular formula is C24H17F2N9O. The Hall–Kier alpha value is -5.18. The number of hydrogen-bond donors (Lipinski definition) is 2. The highest BCUT2D eigenvalue weighted by atomic mass is 19.1. The molecule has 12 heteroatoms. The predicted molar refractivity (Wildman–Crippen MR) is 126 cm³/mol. The van der Waals surface area contributed by atoms with Crippen molar-refractivity contribution in [2.45, 2.75) is 13.0 Å². The first-order valence-corrected chi connectivity index (χ1v) is 10.6. The van der Waals surface area contributed by atoms with E-state index in [1.54, 1.807) is 24.4 Å². The Kier molecular flexibility index (Phi) is 5.57. The first-order chi connectivity index (χ1) is 17.3. The van der Waals surface area contributed by atoms with E-state index in [1.807, 2.05) is 0 Å². The number of nitrogens with zero attached hydrogens (tertiary/aromatic N) is 7. The van der Waals surface area contributed by atoms with Crippen LogP contribution in [0.1, 0.15) is 11.4 Å². The van der Waals surface area contributed by atoms with Gasteiger partial charge in [0.1, 0.15) is 18.2 Å². The Morgan fingerprint density at radius 1 is 1.08 bits per heavy atom. The summed E-state index contributed by atoms with van der Waals surface area (Å²) in [6.07, 6.45) is 4.57. The van der Waals surface area contributed by atoms with Gasteiger partial charge in [0.15, 0.2) is 17.3 Å². The summed E-state index contributed by atoms with van der Waals surface area (Å²) in [7, 11) is 0. The fraction of sp³-hybridized carbons (Fsp3) is 0.0833. The quantitative estimate of drug-likeness (QED) is 0.355. The second-order valence-corrected chi connectivity index (χ2v) is 7.89. The number of amides is 1. The molecule has 0 unspecified atom stereocenters. The monoisotopic (exact) mass is 485 g/mol. The van der Waals surface area contributed by atoms with Gasteiger partial charge < -0.3 is 11.5 Å². The summed E-state index contributed by atoms with van der Waals surface area (Å²) in [6, 6.07) is 9.01. The fourth-order valence-electron chi connectivity index (χ4n) is 3.88.